The number of amidine groups is 1. The lowest BCUT2D eigenvalue weighted by Crippen LogP contribution is -2.39. The number of amides is 2. The molecule has 1 atom stereocenters. The summed E-state index contributed by atoms with van der Waals surface area (Å²) < 4.78 is 39.2. The highest BCUT2D eigenvalue weighted by Gasteiger charge is 2.34. The van der Waals surface area contributed by atoms with Gasteiger partial charge in [0.25, 0.3) is 5.91 Å². The van der Waals surface area contributed by atoms with Gasteiger partial charge in [-0.25, -0.2) is 15.0 Å². The van der Waals surface area contributed by atoms with Gasteiger partial charge in [-0.1, -0.05) is 18.2 Å². The Labute approximate surface area is 232 Å². The van der Waals surface area contributed by atoms with Crippen LogP contribution in [-0.2, 0) is 11.0 Å². The Hall–Kier alpha value is -3.29. The number of alkyl halides is 3. The SMILES string of the molecule is C=CN=C(/C=C(\C)C(=O)NC(C)c1ncc(C(=O)Nc2cc(C(F)(F)F)c(Cl)cn2)s1)N1CCC(CO)CC1. The Morgan fingerprint density at radius 3 is 2.64 bits per heavy atom. The molecule has 210 valence electrons. The smallest absolute Gasteiger partial charge is 0.396 e. The average Bonchev–Trinajstić information content (AvgIpc) is 3.40. The second-order valence-corrected chi connectivity index (χ2v) is 10.3. The molecule has 1 aliphatic rings. The molecule has 0 saturated carbocycles. The number of carbonyl (C=O) groups excluding carboxylic acids is 2. The zero-order valence-corrected chi connectivity index (χ0v) is 22.8. The van der Waals surface area contributed by atoms with Crippen LogP contribution in [0.4, 0.5) is 19.0 Å². The molecule has 14 heteroatoms. The summed E-state index contributed by atoms with van der Waals surface area (Å²) in [7, 11) is 0. The van der Waals surface area contributed by atoms with E-state index in [-0.39, 0.29) is 29.1 Å². The molecule has 0 aromatic carbocycles. The first-order valence-corrected chi connectivity index (χ1v) is 13.2. The van der Waals surface area contributed by atoms with Crippen LogP contribution < -0.4 is 10.6 Å². The van der Waals surface area contributed by atoms with Crippen molar-refractivity contribution in [3.8, 4) is 0 Å². The van der Waals surface area contributed by atoms with Crippen LogP contribution in [0.3, 0.4) is 0 Å². The molecule has 9 nitrogen and oxygen atoms in total. The number of thiazole rings is 1. The molecule has 1 aliphatic heterocycles. The molecule has 1 saturated heterocycles. The fraction of sp³-hybridized carbons (Fsp3) is 0.400. The first kappa shape index (κ1) is 30.3. The number of nitrogens with one attached hydrogen (secondary N) is 2. The van der Waals surface area contributed by atoms with Gasteiger partial charge in [-0.15, -0.1) is 11.3 Å². The van der Waals surface area contributed by atoms with Crippen LogP contribution in [0.5, 0.6) is 0 Å². The first-order valence-electron chi connectivity index (χ1n) is 12.0. The third-order valence-electron chi connectivity index (χ3n) is 5.99. The van der Waals surface area contributed by atoms with Gasteiger partial charge in [0.2, 0.25) is 5.91 Å². The minimum Gasteiger partial charge on any atom is -0.396 e. The number of aliphatic hydroxyl groups is 1. The first-order chi connectivity index (χ1) is 18.4. The second kappa shape index (κ2) is 13.2. The molecule has 1 unspecified atom stereocenters. The van der Waals surface area contributed by atoms with Gasteiger partial charge < -0.3 is 20.6 Å². The van der Waals surface area contributed by atoms with Crippen molar-refractivity contribution in [2.75, 3.05) is 25.0 Å². The number of pyridine rings is 1. The maximum absolute atomic E-state index is 13.1. The van der Waals surface area contributed by atoms with Crippen LogP contribution in [0, 0.1) is 5.92 Å². The van der Waals surface area contributed by atoms with E-state index in [1.165, 1.54) is 12.4 Å². The molecule has 2 aromatic rings. The lowest BCUT2D eigenvalue weighted by Gasteiger charge is -2.32. The molecular weight excluding hydrogens is 557 g/mol. The van der Waals surface area contributed by atoms with Crippen LogP contribution in [0.25, 0.3) is 0 Å². The maximum atomic E-state index is 13.1. The monoisotopic (exact) mass is 584 g/mol. The van der Waals surface area contributed by atoms with Crippen molar-refractivity contribution in [1.29, 1.82) is 0 Å². The standard InChI is InChI=1S/C25H28ClF3N6O3S/c1-4-30-21(35-7-5-16(13-36)6-8-35)9-14(2)22(37)33-15(3)24-32-12-19(39-24)23(38)34-20-10-17(25(27,28)29)18(26)11-31-20/h4,9-12,15-16,36H,1,5-8,13H2,2-3H3,(H,33,37)(H,31,34,38)/b14-9+,30-21?. The van der Waals surface area contributed by atoms with Crippen molar-refractivity contribution in [1.82, 2.24) is 20.2 Å². The van der Waals surface area contributed by atoms with Crippen molar-refractivity contribution in [3.05, 3.63) is 63.4 Å². The number of piperidine rings is 1. The summed E-state index contributed by atoms with van der Waals surface area (Å²) in [6, 6.07) is 0.0943. The quantitative estimate of drug-likeness (QED) is 0.232. The van der Waals surface area contributed by atoms with Crippen LogP contribution in [0.15, 0.2) is 47.9 Å². The number of halogens is 4. The number of aromatic nitrogens is 2. The number of aliphatic hydroxyl groups excluding tert-OH is 1. The fourth-order valence-corrected chi connectivity index (χ4v) is 4.80. The normalized spacial score (nSPS) is 16.1. The largest absolute Gasteiger partial charge is 0.418 e. The second-order valence-electron chi connectivity index (χ2n) is 8.87. The lowest BCUT2D eigenvalue weighted by atomic mass is 9.97. The van der Waals surface area contributed by atoms with Crippen molar-refractivity contribution >= 4 is 46.4 Å². The predicted molar refractivity (Wildman–Crippen MR) is 144 cm³/mol. The van der Waals surface area contributed by atoms with E-state index in [4.69, 9.17) is 11.6 Å². The average molecular weight is 585 g/mol. The molecule has 3 heterocycles. The number of rotatable bonds is 8. The molecule has 0 radical (unpaired) electrons. The van der Waals surface area contributed by atoms with E-state index in [1.807, 2.05) is 4.90 Å². The minimum atomic E-state index is -4.70. The van der Waals surface area contributed by atoms with E-state index in [9.17, 15) is 27.9 Å². The van der Waals surface area contributed by atoms with E-state index in [0.717, 1.165) is 30.4 Å². The molecule has 0 bridgehead atoms. The Balaban J connectivity index is 1.64. The molecule has 3 rings (SSSR count). The van der Waals surface area contributed by atoms with Crippen molar-refractivity contribution < 1.29 is 27.9 Å². The van der Waals surface area contributed by atoms with E-state index >= 15 is 0 Å². The molecule has 1 fully saturated rings. The highest BCUT2D eigenvalue weighted by Crippen LogP contribution is 2.35. The maximum Gasteiger partial charge on any atom is 0.418 e. The Kier molecular flexibility index (Phi) is 10.2. The zero-order chi connectivity index (χ0) is 28.7. The van der Waals surface area contributed by atoms with Crippen molar-refractivity contribution in [3.63, 3.8) is 0 Å². The third-order valence-corrected chi connectivity index (χ3v) is 7.47. The molecule has 2 aromatic heterocycles. The summed E-state index contributed by atoms with van der Waals surface area (Å²) in [5, 5.41) is 14.3. The number of anilines is 1. The summed E-state index contributed by atoms with van der Waals surface area (Å²) >= 11 is 6.55. The van der Waals surface area contributed by atoms with Gasteiger partial charge in [-0.05, 0) is 44.7 Å². The van der Waals surface area contributed by atoms with Gasteiger partial charge in [-0.3, -0.25) is 9.59 Å². The molecule has 2 amide bonds. The number of hydrogen-bond donors (Lipinski definition) is 3. The van der Waals surface area contributed by atoms with Gasteiger partial charge >= 0.3 is 6.18 Å². The summed E-state index contributed by atoms with van der Waals surface area (Å²) in [6.45, 7) is 8.54. The van der Waals surface area contributed by atoms with Crippen LogP contribution >= 0.6 is 22.9 Å². The van der Waals surface area contributed by atoms with Crippen molar-refractivity contribution in [2.24, 2.45) is 10.9 Å². The summed E-state index contributed by atoms with van der Waals surface area (Å²) in [5.74, 6) is -0.529. The summed E-state index contributed by atoms with van der Waals surface area (Å²) in [5.41, 5.74) is -0.717. The fourth-order valence-electron chi connectivity index (χ4n) is 3.77. The highest BCUT2D eigenvalue weighted by molar-refractivity contribution is 7.13. The zero-order valence-electron chi connectivity index (χ0n) is 21.3. The molecule has 39 heavy (non-hydrogen) atoms. The summed E-state index contributed by atoms with van der Waals surface area (Å²) in [4.78, 5) is 39.8. The Morgan fingerprint density at radius 2 is 2.03 bits per heavy atom. The Morgan fingerprint density at radius 1 is 1.33 bits per heavy atom. The van der Waals surface area contributed by atoms with Crippen LogP contribution in [0.1, 0.15) is 53.0 Å². The Bertz CT molecular complexity index is 1270. The minimum absolute atomic E-state index is 0.121. The molecule has 3 N–H and O–H groups in total. The van der Waals surface area contributed by atoms with Gasteiger partial charge in [0, 0.05) is 37.7 Å². The molecule has 0 aliphatic carbocycles. The van der Waals surface area contributed by atoms with E-state index < -0.39 is 28.7 Å². The number of likely N-dealkylation sites (tertiary alicyclic amines) is 1. The predicted octanol–water partition coefficient (Wildman–Crippen LogP) is 4.83. The van der Waals surface area contributed by atoms with E-state index in [2.05, 4.69) is 32.2 Å². The third kappa shape index (κ3) is 8.10. The van der Waals surface area contributed by atoms with Gasteiger partial charge in [0.05, 0.1) is 22.8 Å². The molecule has 0 spiro atoms. The number of aliphatic imine (C=N–C) groups is 1. The van der Waals surface area contributed by atoms with Crippen LogP contribution in [0.2, 0.25) is 5.02 Å². The number of nitrogens with zero attached hydrogens (tertiary/aromatic N) is 4. The number of hydrogen-bond acceptors (Lipinski definition) is 7. The van der Waals surface area contributed by atoms with Gasteiger partial charge in [0.1, 0.15) is 21.5 Å². The van der Waals surface area contributed by atoms with Crippen LogP contribution in [-0.4, -0.2) is 57.3 Å². The van der Waals surface area contributed by atoms with E-state index in [0.29, 0.717) is 35.6 Å². The number of carbonyl (C=O) groups is 2. The molecular formula is C25H28ClF3N6O3S. The highest BCUT2D eigenvalue weighted by atomic mass is 35.5. The topological polar surface area (TPSA) is 120 Å². The van der Waals surface area contributed by atoms with E-state index in [1.54, 1.807) is 19.9 Å². The summed E-state index contributed by atoms with van der Waals surface area (Å²) in [6.07, 6.45) is 2.09. The van der Waals surface area contributed by atoms with Gasteiger partial charge in [-0.2, -0.15) is 13.2 Å². The lowest BCUT2D eigenvalue weighted by molar-refractivity contribution is -0.137. The van der Waals surface area contributed by atoms with Crippen molar-refractivity contribution in [2.45, 2.75) is 38.9 Å². The van der Waals surface area contributed by atoms with Gasteiger partial charge in [0.15, 0.2) is 0 Å².